The predicted octanol–water partition coefficient (Wildman–Crippen LogP) is 1.45. The van der Waals surface area contributed by atoms with E-state index in [-0.39, 0.29) is 0 Å². The molecule has 2 heterocycles. The summed E-state index contributed by atoms with van der Waals surface area (Å²) in [6, 6.07) is 5.80. The van der Waals surface area contributed by atoms with Crippen LogP contribution in [0.15, 0.2) is 40.1 Å². The van der Waals surface area contributed by atoms with Gasteiger partial charge in [0.2, 0.25) is 0 Å². The molecule has 0 unspecified atom stereocenters. The normalized spacial score (nSPS) is 10.8. The van der Waals surface area contributed by atoms with Gasteiger partial charge in [-0.05, 0) is 23.7 Å². The highest BCUT2D eigenvalue weighted by Gasteiger charge is 2.11. The van der Waals surface area contributed by atoms with Gasteiger partial charge in [-0.15, -0.1) is 12.6 Å². The third kappa shape index (κ3) is 1.98. The van der Waals surface area contributed by atoms with E-state index in [1.54, 1.807) is 19.6 Å². The van der Waals surface area contributed by atoms with Crippen LogP contribution in [0.25, 0.3) is 22.2 Å². The van der Waals surface area contributed by atoms with Crippen molar-refractivity contribution in [3.8, 4) is 17.0 Å². The van der Waals surface area contributed by atoms with Crippen LogP contribution in [0.5, 0.6) is 5.75 Å². The summed E-state index contributed by atoms with van der Waals surface area (Å²) in [4.78, 5) is 5.53. The molecule has 0 bridgehead atoms. The van der Waals surface area contributed by atoms with E-state index in [1.165, 1.54) is 0 Å². The maximum absolute atomic E-state index is 5.33. The summed E-state index contributed by atoms with van der Waals surface area (Å²) in [5, 5.41) is 4.70. The molecule has 94 valence electrons. The van der Waals surface area contributed by atoms with E-state index < -0.39 is 0 Å². The number of fused-ring (bicyclic) bond motifs is 1. The molecule has 0 radical (unpaired) electrons. The largest absolute Gasteiger partial charge is 0.497 e. The summed E-state index contributed by atoms with van der Waals surface area (Å²) in [7, 11) is 3.64. The van der Waals surface area contributed by atoms with E-state index >= 15 is 0 Å². The van der Waals surface area contributed by atoms with Gasteiger partial charge in [0.15, 0.2) is 0 Å². The van der Waals surface area contributed by atoms with Crippen LogP contribution in [-0.2, 0) is 0 Å². The van der Waals surface area contributed by atoms with E-state index in [0.29, 0.717) is 0 Å². The molecule has 0 fully saturated rings. The second kappa shape index (κ2) is 4.62. The van der Waals surface area contributed by atoms with E-state index in [2.05, 4.69) is 22.8 Å². The van der Waals surface area contributed by atoms with Gasteiger partial charge in [0.1, 0.15) is 19.9 Å². The molecule has 0 N–H and O–H groups in total. The van der Waals surface area contributed by atoms with Crippen molar-refractivity contribution in [1.82, 2.24) is 10.1 Å². The molecule has 0 aliphatic heterocycles. The Morgan fingerprint density at radius 3 is 2.89 bits per heavy atom. The number of aromatic nitrogens is 2. The Balaban J connectivity index is 2.32. The van der Waals surface area contributed by atoms with Crippen LogP contribution in [-0.4, -0.2) is 25.1 Å². The standard InChI is InChI=1S/C13H11BN2O2S/c1-17-10-3-2-8-11(19)4-9(7-5-15-18-6-7)16-13(8)12(10)14/h2-6H,14H2,1H3,(H,16,19). The highest BCUT2D eigenvalue weighted by Crippen LogP contribution is 2.27. The minimum absolute atomic E-state index is 0.787. The number of pyridine rings is 1. The number of methoxy groups -OCH3 is 1. The maximum Gasteiger partial charge on any atom is 0.147 e. The summed E-state index contributed by atoms with van der Waals surface area (Å²) in [5.74, 6) is 0.815. The lowest BCUT2D eigenvalue weighted by Crippen LogP contribution is -2.10. The molecular weight excluding hydrogens is 259 g/mol. The zero-order chi connectivity index (χ0) is 13.4. The zero-order valence-corrected chi connectivity index (χ0v) is 11.4. The summed E-state index contributed by atoms with van der Waals surface area (Å²) < 4.78 is 10.2. The van der Waals surface area contributed by atoms with Crippen molar-refractivity contribution >= 4 is 36.8 Å². The van der Waals surface area contributed by atoms with Crippen LogP contribution in [0.3, 0.4) is 0 Å². The summed E-state index contributed by atoms with van der Waals surface area (Å²) in [6.07, 6.45) is 3.20. The van der Waals surface area contributed by atoms with Crippen LogP contribution >= 0.6 is 12.6 Å². The minimum atomic E-state index is 0.787. The van der Waals surface area contributed by atoms with E-state index in [0.717, 1.165) is 38.3 Å². The molecule has 19 heavy (non-hydrogen) atoms. The number of rotatable bonds is 2. The van der Waals surface area contributed by atoms with Crippen LogP contribution < -0.4 is 10.2 Å². The maximum atomic E-state index is 5.33. The Labute approximate surface area is 116 Å². The fourth-order valence-corrected chi connectivity index (χ4v) is 2.40. The fourth-order valence-electron chi connectivity index (χ4n) is 2.09. The fraction of sp³-hybridized carbons (Fsp3) is 0.0769. The van der Waals surface area contributed by atoms with Crippen molar-refractivity contribution in [2.24, 2.45) is 0 Å². The second-order valence-corrected chi connectivity index (χ2v) is 4.71. The molecule has 0 saturated carbocycles. The minimum Gasteiger partial charge on any atom is -0.497 e. The van der Waals surface area contributed by atoms with Gasteiger partial charge in [-0.25, -0.2) is 4.98 Å². The molecule has 2 aromatic heterocycles. The molecule has 0 saturated heterocycles. The first-order valence-corrected chi connectivity index (χ1v) is 6.22. The van der Waals surface area contributed by atoms with Crippen molar-refractivity contribution < 1.29 is 9.26 Å². The zero-order valence-electron chi connectivity index (χ0n) is 10.5. The lowest BCUT2D eigenvalue weighted by atomic mass is 9.91. The van der Waals surface area contributed by atoms with Crippen LogP contribution in [0.2, 0.25) is 0 Å². The Hall–Kier alpha value is -1.95. The summed E-state index contributed by atoms with van der Waals surface area (Å²) >= 11 is 4.53. The first-order valence-electron chi connectivity index (χ1n) is 5.78. The number of thiol groups is 1. The number of hydrogen-bond acceptors (Lipinski definition) is 5. The van der Waals surface area contributed by atoms with Crippen molar-refractivity contribution in [3.05, 3.63) is 30.7 Å². The molecule has 6 heteroatoms. The lowest BCUT2D eigenvalue weighted by Gasteiger charge is -2.10. The van der Waals surface area contributed by atoms with Crippen molar-refractivity contribution in [2.75, 3.05) is 7.11 Å². The molecule has 3 aromatic rings. The highest BCUT2D eigenvalue weighted by atomic mass is 32.1. The number of hydrogen-bond donors (Lipinski definition) is 1. The Bertz CT molecular complexity index is 744. The topological polar surface area (TPSA) is 48.2 Å². The lowest BCUT2D eigenvalue weighted by molar-refractivity contribution is 0.418. The SMILES string of the molecule is Bc1c(OC)ccc2c(S)cc(-c3cnoc3)nc12. The molecular formula is C13H11BN2O2S. The molecule has 0 aliphatic carbocycles. The average Bonchev–Trinajstić information content (AvgIpc) is 2.94. The highest BCUT2D eigenvalue weighted by molar-refractivity contribution is 7.80. The van der Waals surface area contributed by atoms with Crippen LogP contribution in [0, 0.1) is 0 Å². The quantitative estimate of drug-likeness (QED) is 0.565. The van der Waals surface area contributed by atoms with E-state index in [9.17, 15) is 0 Å². The van der Waals surface area contributed by atoms with Gasteiger partial charge >= 0.3 is 0 Å². The number of benzene rings is 1. The Kier molecular flexibility index (Phi) is 2.95. The molecule has 4 nitrogen and oxygen atoms in total. The Morgan fingerprint density at radius 1 is 1.37 bits per heavy atom. The Morgan fingerprint density at radius 2 is 2.21 bits per heavy atom. The number of nitrogens with zero attached hydrogens (tertiary/aromatic N) is 2. The van der Waals surface area contributed by atoms with Gasteiger partial charge in [-0.3, -0.25) is 0 Å². The van der Waals surface area contributed by atoms with Crippen LogP contribution in [0.1, 0.15) is 0 Å². The van der Waals surface area contributed by atoms with Gasteiger partial charge in [-0.2, -0.15) is 0 Å². The monoisotopic (exact) mass is 270 g/mol. The van der Waals surface area contributed by atoms with E-state index in [4.69, 9.17) is 9.26 Å². The smallest absolute Gasteiger partial charge is 0.147 e. The molecule has 0 spiro atoms. The number of ether oxygens (including phenoxy) is 1. The average molecular weight is 270 g/mol. The van der Waals surface area contributed by atoms with Gasteiger partial charge in [0.05, 0.1) is 30.1 Å². The first-order chi connectivity index (χ1) is 9.20. The van der Waals surface area contributed by atoms with Gasteiger partial charge in [0.25, 0.3) is 0 Å². The van der Waals surface area contributed by atoms with Crippen molar-refractivity contribution in [3.63, 3.8) is 0 Å². The second-order valence-electron chi connectivity index (χ2n) is 4.23. The van der Waals surface area contributed by atoms with Gasteiger partial charge in [0, 0.05) is 10.3 Å². The van der Waals surface area contributed by atoms with Crippen LogP contribution in [0.4, 0.5) is 0 Å². The van der Waals surface area contributed by atoms with Gasteiger partial charge < -0.3 is 9.26 Å². The molecule has 0 aliphatic rings. The molecule has 3 rings (SSSR count). The predicted molar refractivity (Wildman–Crippen MR) is 79.2 cm³/mol. The van der Waals surface area contributed by atoms with Crippen molar-refractivity contribution in [1.29, 1.82) is 0 Å². The third-order valence-electron chi connectivity index (χ3n) is 3.11. The van der Waals surface area contributed by atoms with Crippen molar-refractivity contribution in [2.45, 2.75) is 4.90 Å². The van der Waals surface area contributed by atoms with E-state index in [1.807, 2.05) is 26.0 Å². The van der Waals surface area contributed by atoms with Gasteiger partial charge in [-0.1, -0.05) is 5.16 Å². The molecule has 0 amide bonds. The first kappa shape index (κ1) is 12.1. The molecule has 0 atom stereocenters. The summed E-state index contributed by atoms with van der Waals surface area (Å²) in [6.45, 7) is 0. The molecule has 1 aromatic carbocycles. The third-order valence-corrected chi connectivity index (χ3v) is 3.48. The summed E-state index contributed by atoms with van der Waals surface area (Å²) in [5.41, 5.74) is 3.49.